The van der Waals surface area contributed by atoms with Crippen LogP contribution in [0.15, 0.2) is 42.5 Å². The van der Waals surface area contributed by atoms with E-state index in [9.17, 15) is 14.7 Å². The number of carboxylic acids is 1. The lowest BCUT2D eigenvalue weighted by molar-refractivity contribution is -0.129. The third-order valence-electron chi connectivity index (χ3n) is 4.99. The molecule has 0 bridgehead atoms. The molecule has 0 atom stereocenters. The largest absolute Gasteiger partial charge is 0.476 e. The van der Waals surface area contributed by atoms with Crippen LogP contribution in [-0.2, 0) is 4.79 Å². The number of piperazine rings is 1. The SMILES string of the molecule is CN1CCN(c2c(C(=O)O)n(-c3ccccc3)c3ccc(Cl)c(Cl)c23)CC1=O. The smallest absolute Gasteiger partial charge is 0.355 e. The normalized spacial score (nSPS) is 14.8. The van der Waals surface area contributed by atoms with Crippen LogP contribution in [-0.4, -0.2) is 53.1 Å². The monoisotopic (exact) mass is 417 g/mol. The number of aromatic carboxylic acids is 1. The lowest BCUT2D eigenvalue weighted by Crippen LogP contribution is -2.49. The van der Waals surface area contributed by atoms with Crippen molar-refractivity contribution in [1.29, 1.82) is 0 Å². The summed E-state index contributed by atoms with van der Waals surface area (Å²) < 4.78 is 1.65. The summed E-state index contributed by atoms with van der Waals surface area (Å²) in [5, 5.41) is 11.2. The summed E-state index contributed by atoms with van der Waals surface area (Å²) in [6.07, 6.45) is 0. The second-order valence-electron chi connectivity index (χ2n) is 6.67. The molecule has 3 aromatic rings. The molecule has 144 valence electrons. The predicted molar refractivity (Wildman–Crippen MR) is 110 cm³/mol. The lowest BCUT2D eigenvalue weighted by atomic mass is 10.1. The van der Waals surface area contributed by atoms with E-state index < -0.39 is 5.97 Å². The Bertz CT molecular complexity index is 1100. The molecule has 1 aliphatic heterocycles. The number of halogens is 2. The van der Waals surface area contributed by atoms with Crippen LogP contribution >= 0.6 is 23.2 Å². The molecule has 4 rings (SSSR count). The molecule has 6 nitrogen and oxygen atoms in total. The van der Waals surface area contributed by atoms with E-state index in [-0.39, 0.29) is 23.2 Å². The Labute approximate surface area is 171 Å². The van der Waals surface area contributed by atoms with E-state index in [4.69, 9.17) is 23.2 Å². The Morgan fingerprint density at radius 1 is 1.07 bits per heavy atom. The molecule has 28 heavy (non-hydrogen) atoms. The molecule has 1 aromatic heterocycles. The van der Waals surface area contributed by atoms with Gasteiger partial charge in [-0.15, -0.1) is 0 Å². The fraction of sp³-hybridized carbons (Fsp3) is 0.200. The van der Waals surface area contributed by atoms with Crippen molar-refractivity contribution in [1.82, 2.24) is 9.47 Å². The number of nitrogens with zero attached hydrogens (tertiary/aromatic N) is 3. The molecule has 1 fully saturated rings. The van der Waals surface area contributed by atoms with Crippen LogP contribution < -0.4 is 4.90 Å². The fourth-order valence-electron chi connectivity index (χ4n) is 3.60. The molecular weight excluding hydrogens is 401 g/mol. The first kappa shape index (κ1) is 18.7. The molecule has 0 spiro atoms. The lowest BCUT2D eigenvalue weighted by Gasteiger charge is -2.33. The van der Waals surface area contributed by atoms with Crippen molar-refractivity contribution < 1.29 is 14.7 Å². The standard InChI is InChI=1S/C20H17Cl2N3O3/c1-23-9-10-24(11-15(23)26)18-16-14(8-7-13(21)17(16)22)25(19(18)20(27)28)12-5-3-2-4-6-12/h2-8H,9-11H2,1H3,(H,27,28). The molecule has 1 N–H and O–H groups in total. The van der Waals surface area contributed by atoms with Crippen LogP contribution in [0, 0.1) is 0 Å². The van der Waals surface area contributed by atoms with Crippen molar-refractivity contribution in [3.8, 4) is 5.69 Å². The molecule has 0 radical (unpaired) electrons. The summed E-state index contributed by atoms with van der Waals surface area (Å²) in [6, 6.07) is 12.6. The van der Waals surface area contributed by atoms with Gasteiger partial charge in [0.1, 0.15) is 0 Å². The summed E-state index contributed by atoms with van der Waals surface area (Å²) in [5.74, 6) is -1.19. The second kappa shape index (κ2) is 7.04. The van der Waals surface area contributed by atoms with Crippen LogP contribution in [0.1, 0.15) is 10.5 Å². The maximum atomic E-state index is 12.4. The van der Waals surface area contributed by atoms with E-state index in [0.29, 0.717) is 40.4 Å². The highest BCUT2D eigenvalue weighted by Crippen LogP contribution is 2.43. The minimum atomic E-state index is -1.10. The zero-order valence-electron chi connectivity index (χ0n) is 15.0. The Balaban J connectivity index is 2.08. The van der Waals surface area contributed by atoms with Crippen LogP contribution in [0.3, 0.4) is 0 Å². The molecule has 0 unspecified atom stereocenters. The number of fused-ring (bicyclic) bond motifs is 1. The van der Waals surface area contributed by atoms with Crippen molar-refractivity contribution in [3.63, 3.8) is 0 Å². The van der Waals surface area contributed by atoms with Gasteiger partial charge < -0.3 is 19.5 Å². The topological polar surface area (TPSA) is 65.8 Å². The fourth-order valence-corrected chi connectivity index (χ4v) is 4.00. The number of benzene rings is 2. The van der Waals surface area contributed by atoms with Crippen LogP contribution in [0.4, 0.5) is 5.69 Å². The summed E-state index contributed by atoms with van der Waals surface area (Å²) >= 11 is 12.8. The molecule has 1 aliphatic rings. The first-order valence-corrected chi connectivity index (χ1v) is 9.45. The van der Waals surface area contributed by atoms with Crippen molar-refractivity contribution >= 4 is 51.7 Å². The summed E-state index contributed by atoms with van der Waals surface area (Å²) in [7, 11) is 1.73. The molecule has 8 heteroatoms. The second-order valence-corrected chi connectivity index (χ2v) is 7.45. The number of carbonyl (C=O) groups is 2. The van der Waals surface area contributed by atoms with E-state index in [1.54, 1.807) is 33.5 Å². The quantitative estimate of drug-likeness (QED) is 0.701. The summed E-state index contributed by atoms with van der Waals surface area (Å²) in [5.41, 5.74) is 1.79. The van der Waals surface area contributed by atoms with E-state index in [0.717, 1.165) is 0 Å². The third kappa shape index (κ3) is 2.89. The number of carboxylic acid groups (broad SMARTS) is 1. The van der Waals surface area contributed by atoms with Crippen molar-refractivity contribution in [2.24, 2.45) is 0 Å². The van der Waals surface area contributed by atoms with Gasteiger partial charge in [-0.1, -0.05) is 41.4 Å². The van der Waals surface area contributed by atoms with E-state index in [2.05, 4.69) is 0 Å². The Hall–Kier alpha value is -2.70. The Morgan fingerprint density at radius 2 is 1.79 bits per heavy atom. The Kier molecular flexibility index (Phi) is 4.69. The predicted octanol–water partition coefficient (Wildman–Crippen LogP) is 3.91. The summed E-state index contributed by atoms with van der Waals surface area (Å²) in [4.78, 5) is 28.0. The number of anilines is 1. The van der Waals surface area contributed by atoms with Crippen molar-refractivity contribution in [2.75, 3.05) is 31.6 Å². The number of aromatic nitrogens is 1. The van der Waals surface area contributed by atoms with Gasteiger partial charge in [-0.25, -0.2) is 4.79 Å². The van der Waals surface area contributed by atoms with Gasteiger partial charge in [-0.05, 0) is 24.3 Å². The Morgan fingerprint density at radius 3 is 2.43 bits per heavy atom. The molecule has 2 aromatic carbocycles. The van der Waals surface area contributed by atoms with Crippen LogP contribution in [0.5, 0.6) is 0 Å². The highest BCUT2D eigenvalue weighted by molar-refractivity contribution is 6.46. The maximum Gasteiger partial charge on any atom is 0.355 e. The molecule has 2 heterocycles. The number of para-hydroxylation sites is 1. The molecule has 1 saturated heterocycles. The van der Waals surface area contributed by atoms with E-state index >= 15 is 0 Å². The van der Waals surface area contributed by atoms with E-state index in [1.807, 2.05) is 30.3 Å². The number of hydrogen-bond acceptors (Lipinski definition) is 3. The minimum absolute atomic E-state index is 0.0581. The van der Waals surface area contributed by atoms with Gasteiger partial charge in [0, 0.05) is 31.2 Å². The number of rotatable bonds is 3. The molecule has 0 saturated carbocycles. The number of carbonyl (C=O) groups excluding carboxylic acids is 1. The highest BCUT2D eigenvalue weighted by Gasteiger charge is 2.32. The van der Waals surface area contributed by atoms with Gasteiger partial charge in [-0.2, -0.15) is 0 Å². The van der Waals surface area contributed by atoms with Gasteiger partial charge in [-0.3, -0.25) is 4.79 Å². The van der Waals surface area contributed by atoms with Gasteiger partial charge in [0.15, 0.2) is 5.69 Å². The highest BCUT2D eigenvalue weighted by atomic mass is 35.5. The third-order valence-corrected chi connectivity index (χ3v) is 5.79. The van der Waals surface area contributed by atoms with Crippen molar-refractivity contribution in [3.05, 3.63) is 58.2 Å². The number of amides is 1. The van der Waals surface area contributed by atoms with Crippen LogP contribution in [0.25, 0.3) is 16.6 Å². The first-order chi connectivity index (χ1) is 13.4. The van der Waals surface area contributed by atoms with Gasteiger partial charge in [0.25, 0.3) is 0 Å². The van der Waals surface area contributed by atoms with Crippen molar-refractivity contribution in [2.45, 2.75) is 0 Å². The number of likely N-dealkylation sites (N-methyl/N-ethyl adjacent to an activating group) is 1. The van der Waals surface area contributed by atoms with Gasteiger partial charge in [0.2, 0.25) is 5.91 Å². The first-order valence-electron chi connectivity index (χ1n) is 8.70. The van der Waals surface area contributed by atoms with Crippen LogP contribution in [0.2, 0.25) is 10.0 Å². The zero-order chi connectivity index (χ0) is 20.0. The average molecular weight is 418 g/mol. The number of hydrogen-bond donors (Lipinski definition) is 1. The molecule has 0 aliphatic carbocycles. The molecule has 1 amide bonds. The zero-order valence-corrected chi connectivity index (χ0v) is 16.5. The summed E-state index contributed by atoms with van der Waals surface area (Å²) in [6.45, 7) is 1.07. The van der Waals surface area contributed by atoms with E-state index in [1.165, 1.54) is 0 Å². The van der Waals surface area contributed by atoms with Gasteiger partial charge >= 0.3 is 5.97 Å². The average Bonchev–Trinajstić information content (AvgIpc) is 3.03. The molecular formula is C20H17Cl2N3O3. The van der Waals surface area contributed by atoms with Gasteiger partial charge in [0.05, 0.1) is 27.8 Å². The maximum absolute atomic E-state index is 12.4. The minimum Gasteiger partial charge on any atom is -0.476 e.